The largest absolute Gasteiger partial charge is 0.462 e. The molecule has 3 rings (SSSR count). The smallest absolute Gasteiger partial charge is 0.310 e. The van der Waals surface area contributed by atoms with Gasteiger partial charge in [0.2, 0.25) is 0 Å². The summed E-state index contributed by atoms with van der Waals surface area (Å²) in [7, 11) is 4.19. The summed E-state index contributed by atoms with van der Waals surface area (Å²) in [6.07, 6.45) is 4.55. The van der Waals surface area contributed by atoms with Crippen molar-refractivity contribution < 1.29 is 9.53 Å². The standard InChI is InChI=1S/C24H31NO2/c1-18-4-6-19(7-5-18)16-24(26)27-23-14-12-22(13-15-23)21-10-8-20(9-11-21)17-25(2)3/h4-11,22-23H,12-17H2,1-3H3. The minimum absolute atomic E-state index is 0.0761. The maximum Gasteiger partial charge on any atom is 0.310 e. The molecule has 2 aromatic rings. The van der Waals surface area contributed by atoms with Crippen molar-refractivity contribution in [3.05, 3.63) is 70.8 Å². The lowest BCUT2D eigenvalue weighted by Gasteiger charge is -2.28. The van der Waals surface area contributed by atoms with Crippen LogP contribution in [-0.2, 0) is 22.5 Å². The molecule has 0 saturated heterocycles. The number of carbonyl (C=O) groups is 1. The summed E-state index contributed by atoms with van der Waals surface area (Å²) in [4.78, 5) is 14.4. The number of esters is 1. The molecule has 0 heterocycles. The van der Waals surface area contributed by atoms with E-state index in [4.69, 9.17) is 4.74 Å². The fourth-order valence-corrected chi connectivity index (χ4v) is 3.87. The molecule has 0 spiro atoms. The fourth-order valence-electron chi connectivity index (χ4n) is 3.87. The minimum Gasteiger partial charge on any atom is -0.462 e. The van der Waals surface area contributed by atoms with Gasteiger partial charge in [-0.2, -0.15) is 0 Å². The van der Waals surface area contributed by atoms with Gasteiger partial charge in [0.25, 0.3) is 0 Å². The van der Waals surface area contributed by atoms with Gasteiger partial charge in [-0.05, 0) is 69.3 Å². The van der Waals surface area contributed by atoms with Crippen LogP contribution in [0.5, 0.6) is 0 Å². The molecule has 0 amide bonds. The van der Waals surface area contributed by atoms with Crippen molar-refractivity contribution in [3.8, 4) is 0 Å². The predicted octanol–water partition coefficient (Wildman–Crippen LogP) is 4.87. The second-order valence-corrected chi connectivity index (χ2v) is 8.11. The molecule has 3 nitrogen and oxygen atoms in total. The van der Waals surface area contributed by atoms with Crippen LogP contribution < -0.4 is 0 Å². The second kappa shape index (κ2) is 9.18. The van der Waals surface area contributed by atoms with Crippen LogP contribution in [0.4, 0.5) is 0 Å². The first-order valence-corrected chi connectivity index (χ1v) is 9.98. The molecular weight excluding hydrogens is 334 g/mol. The van der Waals surface area contributed by atoms with Gasteiger partial charge in [-0.15, -0.1) is 0 Å². The van der Waals surface area contributed by atoms with Crippen LogP contribution in [0.25, 0.3) is 0 Å². The van der Waals surface area contributed by atoms with E-state index in [9.17, 15) is 4.79 Å². The third-order valence-corrected chi connectivity index (χ3v) is 5.39. The van der Waals surface area contributed by atoms with Gasteiger partial charge in [-0.1, -0.05) is 54.1 Å². The summed E-state index contributed by atoms with van der Waals surface area (Å²) >= 11 is 0. The summed E-state index contributed by atoms with van der Waals surface area (Å²) < 4.78 is 5.73. The minimum atomic E-state index is -0.102. The molecule has 1 saturated carbocycles. The lowest BCUT2D eigenvalue weighted by molar-refractivity contribution is -0.149. The molecular formula is C24H31NO2. The fraction of sp³-hybridized carbons (Fsp3) is 0.458. The molecule has 0 N–H and O–H groups in total. The van der Waals surface area contributed by atoms with Gasteiger partial charge in [0.05, 0.1) is 6.42 Å². The van der Waals surface area contributed by atoms with Crippen molar-refractivity contribution in [1.29, 1.82) is 0 Å². The first kappa shape index (κ1) is 19.6. The van der Waals surface area contributed by atoms with Gasteiger partial charge in [0.1, 0.15) is 6.10 Å². The summed E-state index contributed by atoms with van der Waals surface area (Å²) in [5.41, 5.74) is 5.00. The number of hydrogen-bond donors (Lipinski definition) is 0. The molecule has 0 unspecified atom stereocenters. The average Bonchev–Trinajstić information content (AvgIpc) is 2.64. The zero-order valence-electron chi connectivity index (χ0n) is 16.8. The van der Waals surface area contributed by atoms with Crippen LogP contribution in [-0.4, -0.2) is 31.1 Å². The van der Waals surface area contributed by atoms with E-state index >= 15 is 0 Å². The number of hydrogen-bond acceptors (Lipinski definition) is 3. The second-order valence-electron chi connectivity index (χ2n) is 8.11. The third-order valence-electron chi connectivity index (χ3n) is 5.39. The Kier molecular flexibility index (Phi) is 6.68. The van der Waals surface area contributed by atoms with Gasteiger partial charge in [0.15, 0.2) is 0 Å². The normalized spacial score (nSPS) is 19.9. The Balaban J connectivity index is 1.45. The van der Waals surface area contributed by atoms with E-state index in [0.29, 0.717) is 12.3 Å². The zero-order chi connectivity index (χ0) is 19.2. The Bertz CT molecular complexity index is 726. The van der Waals surface area contributed by atoms with Crippen molar-refractivity contribution in [2.24, 2.45) is 0 Å². The molecule has 1 aliphatic carbocycles. The van der Waals surface area contributed by atoms with E-state index in [1.165, 1.54) is 16.7 Å². The lowest BCUT2D eigenvalue weighted by atomic mass is 9.82. The monoisotopic (exact) mass is 365 g/mol. The molecule has 1 fully saturated rings. The van der Waals surface area contributed by atoms with Gasteiger partial charge < -0.3 is 9.64 Å². The predicted molar refractivity (Wildman–Crippen MR) is 110 cm³/mol. The van der Waals surface area contributed by atoms with Crippen molar-refractivity contribution >= 4 is 5.97 Å². The molecule has 0 radical (unpaired) electrons. The van der Waals surface area contributed by atoms with Crippen LogP contribution in [0.1, 0.15) is 53.9 Å². The van der Waals surface area contributed by atoms with Crippen LogP contribution in [0.2, 0.25) is 0 Å². The number of ether oxygens (including phenoxy) is 1. The molecule has 3 heteroatoms. The van der Waals surface area contributed by atoms with E-state index in [2.05, 4.69) is 50.2 Å². The van der Waals surface area contributed by atoms with Crippen molar-refractivity contribution in [1.82, 2.24) is 4.90 Å². The van der Waals surface area contributed by atoms with Crippen LogP contribution in [0.15, 0.2) is 48.5 Å². The highest BCUT2D eigenvalue weighted by Crippen LogP contribution is 2.34. The highest BCUT2D eigenvalue weighted by Gasteiger charge is 2.25. The topological polar surface area (TPSA) is 29.5 Å². The van der Waals surface area contributed by atoms with Gasteiger partial charge in [-0.3, -0.25) is 4.79 Å². The number of benzene rings is 2. The number of nitrogens with zero attached hydrogens (tertiary/aromatic N) is 1. The van der Waals surface area contributed by atoms with E-state index in [-0.39, 0.29) is 12.1 Å². The van der Waals surface area contributed by atoms with Crippen LogP contribution in [0.3, 0.4) is 0 Å². The molecule has 0 aliphatic heterocycles. The Morgan fingerprint density at radius 3 is 2.11 bits per heavy atom. The summed E-state index contributed by atoms with van der Waals surface area (Å²) in [6.45, 7) is 3.03. The summed E-state index contributed by atoms with van der Waals surface area (Å²) in [5, 5.41) is 0. The van der Waals surface area contributed by atoms with E-state index < -0.39 is 0 Å². The highest BCUT2D eigenvalue weighted by atomic mass is 16.5. The Labute approximate surface area is 163 Å². The molecule has 0 bridgehead atoms. The van der Waals surface area contributed by atoms with Gasteiger partial charge in [-0.25, -0.2) is 0 Å². The van der Waals surface area contributed by atoms with Crippen LogP contribution >= 0.6 is 0 Å². The highest BCUT2D eigenvalue weighted by molar-refractivity contribution is 5.72. The summed E-state index contributed by atoms with van der Waals surface area (Å²) in [5.74, 6) is 0.487. The van der Waals surface area contributed by atoms with Crippen molar-refractivity contribution in [3.63, 3.8) is 0 Å². The van der Waals surface area contributed by atoms with Crippen molar-refractivity contribution in [2.45, 2.75) is 57.6 Å². The Hall–Kier alpha value is -2.13. The molecule has 27 heavy (non-hydrogen) atoms. The SMILES string of the molecule is Cc1ccc(CC(=O)OC2CCC(c3ccc(CN(C)C)cc3)CC2)cc1. The van der Waals surface area contributed by atoms with E-state index in [1.807, 2.05) is 24.3 Å². The number of rotatable bonds is 6. The first-order chi connectivity index (χ1) is 13.0. The number of carbonyl (C=O) groups excluding carboxylic acids is 1. The Morgan fingerprint density at radius 1 is 0.926 bits per heavy atom. The lowest BCUT2D eigenvalue weighted by Crippen LogP contribution is -2.24. The molecule has 144 valence electrons. The average molecular weight is 366 g/mol. The maximum atomic E-state index is 12.2. The third kappa shape index (κ3) is 5.93. The molecule has 2 aromatic carbocycles. The quantitative estimate of drug-likeness (QED) is 0.684. The van der Waals surface area contributed by atoms with E-state index in [1.54, 1.807) is 0 Å². The first-order valence-electron chi connectivity index (χ1n) is 9.98. The molecule has 0 aromatic heterocycles. The van der Waals surface area contributed by atoms with Crippen LogP contribution in [0, 0.1) is 6.92 Å². The van der Waals surface area contributed by atoms with Crippen molar-refractivity contribution in [2.75, 3.05) is 14.1 Å². The van der Waals surface area contributed by atoms with Gasteiger partial charge in [0, 0.05) is 6.54 Å². The zero-order valence-corrected chi connectivity index (χ0v) is 16.8. The molecule has 1 aliphatic rings. The number of aryl methyl sites for hydroxylation is 1. The maximum absolute atomic E-state index is 12.2. The molecule has 0 atom stereocenters. The van der Waals surface area contributed by atoms with E-state index in [0.717, 1.165) is 37.8 Å². The summed E-state index contributed by atoms with van der Waals surface area (Å²) in [6, 6.07) is 17.1. The van der Waals surface area contributed by atoms with Gasteiger partial charge >= 0.3 is 5.97 Å². The Morgan fingerprint density at radius 2 is 1.52 bits per heavy atom.